The van der Waals surface area contributed by atoms with Gasteiger partial charge in [-0.15, -0.1) is 0 Å². The molecule has 116 valence electrons. The lowest BCUT2D eigenvalue weighted by Gasteiger charge is -2.27. The van der Waals surface area contributed by atoms with Gasteiger partial charge in [0.2, 0.25) is 0 Å². The van der Waals surface area contributed by atoms with Crippen LogP contribution < -0.4 is 5.32 Å². The second kappa shape index (κ2) is 6.66. The molecule has 1 aromatic rings. The topological polar surface area (TPSA) is 37.8 Å². The molecule has 1 aromatic heterocycles. The first kappa shape index (κ1) is 15.3. The molecule has 1 saturated heterocycles. The van der Waals surface area contributed by atoms with E-state index < -0.39 is 0 Å². The van der Waals surface area contributed by atoms with E-state index in [0.717, 1.165) is 31.1 Å². The lowest BCUT2D eigenvalue weighted by Crippen LogP contribution is -2.32. The maximum atomic E-state index is 4.93. The second-order valence-electron chi connectivity index (χ2n) is 6.77. The minimum absolute atomic E-state index is 0.550. The van der Waals surface area contributed by atoms with Crippen LogP contribution in [-0.4, -0.2) is 28.3 Å². The lowest BCUT2D eigenvalue weighted by atomic mass is 9.85. The summed E-state index contributed by atoms with van der Waals surface area (Å²) in [5.41, 5.74) is 4.01. The van der Waals surface area contributed by atoms with Crippen LogP contribution in [0.5, 0.6) is 0 Å². The summed E-state index contributed by atoms with van der Waals surface area (Å²) >= 11 is 2.03. The smallest absolute Gasteiger partial charge is 0.141 e. The van der Waals surface area contributed by atoms with Crippen molar-refractivity contribution >= 4 is 11.8 Å². The summed E-state index contributed by atoms with van der Waals surface area (Å²) in [4.78, 5) is 9.78. The van der Waals surface area contributed by atoms with Crippen molar-refractivity contribution < 1.29 is 0 Å². The number of nitrogens with one attached hydrogen (secondary N) is 1. The number of aryl methyl sites for hydroxylation is 2. The van der Waals surface area contributed by atoms with Crippen molar-refractivity contribution in [3.05, 3.63) is 22.8 Å². The van der Waals surface area contributed by atoms with Gasteiger partial charge in [0.1, 0.15) is 5.82 Å². The highest BCUT2D eigenvalue weighted by atomic mass is 32.2. The molecule has 0 radical (unpaired) electrons. The number of fused-ring (bicyclic) bond motifs is 1. The summed E-state index contributed by atoms with van der Waals surface area (Å²) in [6, 6.07) is 0.575. The maximum Gasteiger partial charge on any atom is 0.141 e. The third-order valence-corrected chi connectivity index (χ3v) is 6.00. The predicted octanol–water partition coefficient (Wildman–Crippen LogP) is 3.46. The molecule has 2 aliphatic rings. The Morgan fingerprint density at radius 3 is 2.86 bits per heavy atom. The molecule has 0 spiro atoms. The number of aromatic nitrogens is 2. The summed E-state index contributed by atoms with van der Waals surface area (Å²) in [5, 5.41) is 4.13. The van der Waals surface area contributed by atoms with Gasteiger partial charge in [-0.25, -0.2) is 9.97 Å². The third kappa shape index (κ3) is 3.59. The molecule has 0 aromatic carbocycles. The molecule has 21 heavy (non-hydrogen) atoms. The van der Waals surface area contributed by atoms with Crippen LogP contribution in [0.15, 0.2) is 0 Å². The summed E-state index contributed by atoms with van der Waals surface area (Å²) in [5.74, 6) is 3.12. The Morgan fingerprint density at radius 2 is 2.14 bits per heavy atom. The van der Waals surface area contributed by atoms with E-state index in [-0.39, 0.29) is 0 Å². The molecule has 2 unspecified atom stereocenters. The normalized spacial score (nSPS) is 25.3. The van der Waals surface area contributed by atoms with Crippen LogP contribution in [0.3, 0.4) is 0 Å². The van der Waals surface area contributed by atoms with Gasteiger partial charge in [-0.05, 0) is 62.8 Å². The fourth-order valence-electron chi connectivity index (χ4n) is 3.38. The van der Waals surface area contributed by atoms with Crippen molar-refractivity contribution in [1.82, 2.24) is 15.3 Å². The quantitative estimate of drug-likeness (QED) is 0.924. The summed E-state index contributed by atoms with van der Waals surface area (Å²) in [6.45, 7) is 7.74. The molecule has 0 saturated carbocycles. The Hall–Kier alpha value is -0.610. The van der Waals surface area contributed by atoms with E-state index in [1.54, 1.807) is 0 Å². The van der Waals surface area contributed by atoms with Crippen molar-refractivity contribution in [1.29, 1.82) is 0 Å². The molecule has 1 aliphatic heterocycles. The zero-order chi connectivity index (χ0) is 14.8. The lowest BCUT2D eigenvalue weighted by molar-refractivity contribution is 0.400. The Morgan fingerprint density at radius 1 is 1.29 bits per heavy atom. The van der Waals surface area contributed by atoms with Gasteiger partial charge >= 0.3 is 0 Å². The number of hydrogen-bond acceptors (Lipinski definition) is 4. The van der Waals surface area contributed by atoms with E-state index in [9.17, 15) is 0 Å². The Labute approximate surface area is 132 Å². The predicted molar refractivity (Wildman–Crippen MR) is 89.9 cm³/mol. The molecule has 1 N–H and O–H groups in total. The van der Waals surface area contributed by atoms with Crippen molar-refractivity contribution in [3.8, 4) is 0 Å². The molecule has 4 heteroatoms. The SMILES string of the molecule is Cc1nc(C2CCCS2)nc2c1CC(CNC(C)C)CC2. The number of thioether (sulfide) groups is 1. The highest BCUT2D eigenvalue weighted by Crippen LogP contribution is 2.39. The van der Waals surface area contributed by atoms with Crippen LogP contribution in [0.2, 0.25) is 0 Å². The molecule has 0 amide bonds. The molecule has 3 nitrogen and oxygen atoms in total. The first-order valence-corrected chi connectivity index (χ1v) is 9.39. The highest BCUT2D eigenvalue weighted by molar-refractivity contribution is 7.99. The van der Waals surface area contributed by atoms with Crippen LogP contribution in [0.25, 0.3) is 0 Å². The van der Waals surface area contributed by atoms with Crippen LogP contribution in [0.1, 0.15) is 61.1 Å². The van der Waals surface area contributed by atoms with E-state index in [1.807, 2.05) is 11.8 Å². The summed E-state index contributed by atoms with van der Waals surface area (Å²) < 4.78 is 0. The molecule has 2 heterocycles. The second-order valence-corrected chi connectivity index (χ2v) is 8.08. The van der Waals surface area contributed by atoms with Crippen molar-refractivity contribution in [2.24, 2.45) is 5.92 Å². The van der Waals surface area contributed by atoms with Gasteiger partial charge in [0.05, 0.1) is 5.25 Å². The average Bonchev–Trinajstić information content (AvgIpc) is 2.99. The van der Waals surface area contributed by atoms with Gasteiger partial charge < -0.3 is 5.32 Å². The van der Waals surface area contributed by atoms with Crippen LogP contribution >= 0.6 is 11.8 Å². The first-order valence-electron chi connectivity index (χ1n) is 8.34. The van der Waals surface area contributed by atoms with Gasteiger partial charge in [0.25, 0.3) is 0 Å². The van der Waals surface area contributed by atoms with Gasteiger partial charge in [-0.2, -0.15) is 11.8 Å². The maximum absolute atomic E-state index is 4.93. The van der Waals surface area contributed by atoms with E-state index in [2.05, 4.69) is 26.1 Å². The monoisotopic (exact) mass is 305 g/mol. The van der Waals surface area contributed by atoms with Gasteiger partial charge in [0, 0.05) is 17.4 Å². The summed E-state index contributed by atoms with van der Waals surface area (Å²) in [6.07, 6.45) is 6.12. The van der Waals surface area contributed by atoms with Gasteiger partial charge in [-0.3, -0.25) is 0 Å². The minimum atomic E-state index is 0.550. The van der Waals surface area contributed by atoms with Gasteiger partial charge in [0.15, 0.2) is 0 Å². The summed E-state index contributed by atoms with van der Waals surface area (Å²) in [7, 11) is 0. The zero-order valence-corrected chi connectivity index (χ0v) is 14.3. The molecular weight excluding hydrogens is 278 g/mol. The van der Waals surface area contributed by atoms with Crippen molar-refractivity contribution in [2.45, 2.75) is 64.2 Å². The number of nitrogens with zero attached hydrogens (tertiary/aromatic N) is 2. The standard InChI is InChI=1S/C17H27N3S/c1-11(2)18-10-13-6-7-15-14(9-13)12(3)19-17(20-15)16-5-4-8-21-16/h11,13,16,18H,4-10H2,1-3H3. The van der Waals surface area contributed by atoms with Crippen molar-refractivity contribution in [3.63, 3.8) is 0 Å². The molecule has 1 aliphatic carbocycles. The average molecular weight is 305 g/mol. The highest BCUT2D eigenvalue weighted by Gasteiger charge is 2.26. The van der Waals surface area contributed by atoms with Crippen LogP contribution in [-0.2, 0) is 12.8 Å². The largest absolute Gasteiger partial charge is 0.314 e. The molecule has 2 atom stereocenters. The number of rotatable bonds is 4. The van der Waals surface area contributed by atoms with E-state index in [4.69, 9.17) is 9.97 Å². The fourth-order valence-corrected chi connectivity index (χ4v) is 4.59. The third-order valence-electron chi connectivity index (χ3n) is 4.63. The zero-order valence-electron chi connectivity index (χ0n) is 13.5. The van der Waals surface area contributed by atoms with Crippen LogP contribution in [0, 0.1) is 12.8 Å². The Kier molecular flexibility index (Phi) is 4.85. The minimum Gasteiger partial charge on any atom is -0.314 e. The molecule has 3 rings (SSSR count). The fraction of sp³-hybridized carbons (Fsp3) is 0.765. The Bertz CT molecular complexity index is 495. The van der Waals surface area contributed by atoms with E-state index in [1.165, 1.54) is 42.0 Å². The number of hydrogen-bond donors (Lipinski definition) is 1. The van der Waals surface area contributed by atoms with Crippen LogP contribution in [0.4, 0.5) is 0 Å². The molecular formula is C17H27N3S. The molecule has 1 fully saturated rings. The van der Waals surface area contributed by atoms with Gasteiger partial charge in [-0.1, -0.05) is 13.8 Å². The first-order chi connectivity index (χ1) is 10.1. The Balaban J connectivity index is 1.74. The molecule has 0 bridgehead atoms. The van der Waals surface area contributed by atoms with E-state index in [0.29, 0.717) is 11.3 Å². The van der Waals surface area contributed by atoms with E-state index >= 15 is 0 Å². The van der Waals surface area contributed by atoms with Crippen molar-refractivity contribution in [2.75, 3.05) is 12.3 Å².